The highest BCUT2D eigenvalue weighted by Crippen LogP contribution is 2.27. The number of carbonyl (C=O) groups excluding carboxylic acids is 1. The van der Waals surface area contributed by atoms with Gasteiger partial charge in [0.05, 0.1) is 23.4 Å². The predicted octanol–water partition coefficient (Wildman–Crippen LogP) is 4.22. The van der Waals surface area contributed by atoms with Crippen molar-refractivity contribution >= 4 is 27.7 Å². The van der Waals surface area contributed by atoms with E-state index in [9.17, 15) is 4.79 Å². The van der Waals surface area contributed by atoms with Gasteiger partial charge < -0.3 is 10.3 Å². The van der Waals surface area contributed by atoms with Crippen LogP contribution in [0.4, 0.5) is 0 Å². The Morgan fingerprint density at radius 1 is 1.21 bits per heavy atom. The van der Waals surface area contributed by atoms with E-state index in [0.717, 1.165) is 35.3 Å². The Morgan fingerprint density at radius 3 is 2.83 bits per heavy atom. The molecule has 0 saturated heterocycles. The molecule has 1 amide bonds. The maximum Gasteiger partial charge on any atom is 0.223 e. The zero-order valence-electron chi connectivity index (χ0n) is 14.1. The lowest BCUT2D eigenvalue weighted by Gasteiger charge is -2.20. The Balaban J connectivity index is 1.58. The van der Waals surface area contributed by atoms with Gasteiger partial charge >= 0.3 is 0 Å². The van der Waals surface area contributed by atoms with Crippen LogP contribution in [-0.2, 0) is 11.3 Å². The number of rotatable bonds is 3. The molecule has 1 aliphatic rings. The average molecular weight is 321 g/mol. The highest BCUT2D eigenvalue weighted by molar-refractivity contribution is 6.07. The summed E-state index contributed by atoms with van der Waals surface area (Å²) in [5.41, 5.74) is 4.11. The number of para-hydroxylation sites is 1. The van der Waals surface area contributed by atoms with Gasteiger partial charge in [-0.2, -0.15) is 0 Å². The molecule has 2 N–H and O–H groups in total. The summed E-state index contributed by atoms with van der Waals surface area (Å²) in [5.74, 6) is 0.379. The Morgan fingerprint density at radius 2 is 2.00 bits per heavy atom. The van der Waals surface area contributed by atoms with E-state index in [4.69, 9.17) is 0 Å². The summed E-state index contributed by atoms with van der Waals surface area (Å²) in [6, 6.07) is 10.4. The molecule has 2 aromatic heterocycles. The van der Waals surface area contributed by atoms with Gasteiger partial charge in [-0.3, -0.25) is 9.78 Å². The molecule has 3 aromatic rings. The Hall–Kier alpha value is -2.36. The molecule has 0 aliphatic heterocycles. The lowest BCUT2D eigenvalue weighted by atomic mass is 9.89. The molecule has 0 bridgehead atoms. The molecule has 0 unspecified atom stereocenters. The molecule has 4 nitrogen and oxygen atoms in total. The van der Waals surface area contributed by atoms with Crippen molar-refractivity contribution in [3.8, 4) is 0 Å². The number of pyridine rings is 1. The Kier molecular flexibility index (Phi) is 3.97. The van der Waals surface area contributed by atoms with Gasteiger partial charge in [0, 0.05) is 22.2 Å². The summed E-state index contributed by atoms with van der Waals surface area (Å²) in [7, 11) is 0. The number of nitrogens with one attached hydrogen (secondary N) is 2. The molecule has 0 spiro atoms. The number of fused-ring (bicyclic) bond motifs is 3. The van der Waals surface area contributed by atoms with Crippen LogP contribution in [0.5, 0.6) is 0 Å². The molecule has 0 radical (unpaired) electrons. The number of carbonyl (C=O) groups is 1. The van der Waals surface area contributed by atoms with Crippen molar-refractivity contribution in [3.63, 3.8) is 0 Å². The first-order chi connectivity index (χ1) is 11.7. The fourth-order valence-electron chi connectivity index (χ4n) is 3.85. The van der Waals surface area contributed by atoms with E-state index in [1.807, 2.05) is 13.0 Å². The number of amides is 1. The van der Waals surface area contributed by atoms with Gasteiger partial charge in [0.25, 0.3) is 0 Å². The Labute approximate surface area is 141 Å². The van der Waals surface area contributed by atoms with E-state index >= 15 is 0 Å². The summed E-state index contributed by atoms with van der Waals surface area (Å²) in [6.45, 7) is 2.52. The maximum absolute atomic E-state index is 12.3. The maximum atomic E-state index is 12.3. The van der Waals surface area contributed by atoms with Gasteiger partial charge in [-0.25, -0.2) is 0 Å². The number of hydrogen-bond acceptors (Lipinski definition) is 2. The topological polar surface area (TPSA) is 57.8 Å². The molecule has 0 atom stereocenters. The van der Waals surface area contributed by atoms with Crippen molar-refractivity contribution in [2.45, 2.75) is 45.6 Å². The minimum absolute atomic E-state index is 0.188. The fraction of sp³-hybridized carbons (Fsp3) is 0.400. The summed E-state index contributed by atoms with van der Waals surface area (Å²) >= 11 is 0. The number of aryl methyl sites for hydroxylation is 1. The largest absolute Gasteiger partial charge is 0.353 e. The lowest BCUT2D eigenvalue weighted by Crippen LogP contribution is -2.31. The summed E-state index contributed by atoms with van der Waals surface area (Å²) < 4.78 is 0. The smallest absolute Gasteiger partial charge is 0.223 e. The first kappa shape index (κ1) is 15.2. The van der Waals surface area contributed by atoms with Crippen molar-refractivity contribution < 1.29 is 4.79 Å². The molecule has 124 valence electrons. The van der Waals surface area contributed by atoms with E-state index in [-0.39, 0.29) is 11.8 Å². The van der Waals surface area contributed by atoms with Crippen molar-refractivity contribution in [1.82, 2.24) is 15.3 Å². The van der Waals surface area contributed by atoms with Crippen LogP contribution < -0.4 is 5.32 Å². The molecule has 1 saturated carbocycles. The van der Waals surface area contributed by atoms with Gasteiger partial charge in [-0.1, -0.05) is 37.5 Å². The number of aromatic amines is 1. The molecular formula is C20H23N3O. The first-order valence-corrected chi connectivity index (χ1v) is 8.87. The predicted molar refractivity (Wildman–Crippen MR) is 96.8 cm³/mol. The van der Waals surface area contributed by atoms with E-state index in [1.54, 1.807) is 0 Å². The zero-order valence-corrected chi connectivity index (χ0v) is 14.1. The first-order valence-electron chi connectivity index (χ1n) is 8.87. The van der Waals surface area contributed by atoms with Crippen molar-refractivity contribution in [3.05, 3.63) is 41.7 Å². The minimum Gasteiger partial charge on any atom is -0.353 e. The third kappa shape index (κ3) is 2.77. The summed E-state index contributed by atoms with van der Waals surface area (Å²) in [6.07, 6.45) is 5.68. The number of benzene rings is 1. The van der Waals surface area contributed by atoms with Gasteiger partial charge in [0.15, 0.2) is 0 Å². The van der Waals surface area contributed by atoms with Crippen LogP contribution >= 0.6 is 0 Å². The van der Waals surface area contributed by atoms with E-state index in [0.29, 0.717) is 6.54 Å². The Bertz CT molecular complexity index is 890. The second-order valence-electron chi connectivity index (χ2n) is 6.84. The second kappa shape index (κ2) is 6.27. The highest BCUT2D eigenvalue weighted by atomic mass is 16.1. The van der Waals surface area contributed by atoms with E-state index in [2.05, 4.69) is 39.6 Å². The van der Waals surface area contributed by atoms with Crippen LogP contribution in [0.15, 0.2) is 30.3 Å². The van der Waals surface area contributed by atoms with Crippen LogP contribution in [0.25, 0.3) is 21.8 Å². The van der Waals surface area contributed by atoms with Crippen LogP contribution in [0.1, 0.15) is 43.5 Å². The molecular weight excluding hydrogens is 298 g/mol. The molecule has 4 heteroatoms. The van der Waals surface area contributed by atoms with Crippen LogP contribution in [0.2, 0.25) is 0 Å². The van der Waals surface area contributed by atoms with Crippen molar-refractivity contribution in [1.29, 1.82) is 0 Å². The molecule has 2 heterocycles. The second-order valence-corrected chi connectivity index (χ2v) is 6.84. The van der Waals surface area contributed by atoms with Gasteiger partial charge in [0.2, 0.25) is 5.91 Å². The standard InChI is InChI=1S/C20H23N3O/c1-13-19-17(16-9-5-6-10-18(16)23-19)11-15(22-13)12-21-20(24)14-7-3-2-4-8-14/h5-6,9-11,14,23H,2-4,7-8,12H2,1H3,(H,21,24). The third-order valence-corrected chi connectivity index (χ3v) is 5.15. The number of H-pyrrole nitrogens is 1. The number of aromatic nitrogens is 2. The zero-order chi connectivity index (χ0) is 16.5. The van der Waals surface area contributed by atoms with Crippen LogP contribution in [0.3, 0.4) is 0 Å². The normalized spacial score (nSPS) is 15.9. The van der Waals surface area contributed by atoms with Gasteiger partial charge in [-0.15, -0.1) is 0 Å². The number of nitrogens with zero attached hydrogens (tertiary/aromatic N) is 1. The highest BCUT2D eigenvalue weighted by Gasteiger charge is 2.20. The summed E-state index contributed by atoms with van der Waals surface area (Å²) in [5, 5.41) is 5.48. The lowest BCUT2D eigenvalue weighted by molar-refractivity contribution is -0.126. The van der Waals surface area contributed by atoms with Gasteiger partial charge in [0.1, 0.15) is 0 Å². The van der Waals surface area contributed by atoms with Crippen LogP contribution in [0, 0.1) is 12.8 Å². The average Bonchev–Trinajstić information content (AvgIpc) is 3.00. The molecule has 4 rings (SSSR count). The monoisotopic (exact) mass is 321 g/mol. The molecule has 24 heavy (non-hydrogen) atoms. The van der Waals surface area contributed by atoms with E-state index < -0.39 is 0 Å². The third-order valence-electron chi connectivity index (χ3n) is 5.15. The fourth-order valence-corrected chi connectivity index (χ4v) is 3.85. The quantitative estimate of drug-likeness (QED) is 0.759. The van der Waals surface area contributed by atoms with E-state index in [1.165, 1.54) is 30.0 Å². The number of hydrogen-bond donors (Lipinski definition) is 2. The molecule has 1 fully saturated rings. The molecule has 1 aromatic carbocycles. The minimum atomic E-state index is 0.188. The van der Waals surface area contributed by atoms with Crippen molar-refractivity contribution in [2.75, 3.05) is 0 Å². The summed E-state index contributed by atoms with van der Waals surface area (Å²) in [4.78, 5) is 20.4. The van der Waals surface area contributed by atoms with Crippen molar-refractivity contribution in [2.24, 2.45) is 5.92 Å². The van der Waals surface area contributed by atoms with Gasteiger partial charge in [-0.05, 0) is 31.9 Å². The molecule has 1 aliphatic carbocycles. The van der Waals surface area contributed by atoms with Crippen LogP contribution in [-0.4, -0.2) is 15.9 Å². The SMILES string of the molecule is Cc1nc(CNC(=O)C2CCCCC2)cc2c1[nH]c1ccccc12.